The van der Waals surface area contributed by atoms with Crippen LogP contribution in [0.15, 0.2) is 48.7 Å². The van der Waals surface area contributed by atoms with Crippen LogP contribution in [0, 0.1) is 6.92 Å². The summed E-state index contributed by atoms with van der Waals surface area (Å²) in [5.41, 5.74) is 1.25. The number of nitrogens with one attached hydrogen (secondary N) is 1. The first-order chi connectivity index (χ1) is 12.0. The molecule has 0 aliphatic heterocycles. The van der Waals surface area contributed by atoms with Crippen molar-refractivity contribution >= 4 is 5.91 Å². The lowest BCUT2D eigenvalue weighted by Gasteiger charge is -2.37. The van der Waals surface area contributed by atoms with E-state index in [1.54, 1.807) is 30.5 Å². The molecule has 1 heterocycles. The second-order valence-corrected chi connectivity index (χ2v) is 6.33. The zero-order chi connectivity index (χ0) is 17.8. The third kappa shape index (κ3) is 4.15. The maximum Gasteiger partial charge on any atom is 0.270 e. The van der Waals surface area contributed by atoms with Gasteiger partial charge < -0.3 is 20.3 Å². The summed E-state index contributed by atoms with van der Waals surface area (Å²) in [6.45, 7) is 1.89. The van der Waals surface area contributed by atoms with Gasteiger partial charge in [0.1, 0.15) is 29.8 Å². The summed E-state index contributed by atoms with van der Waals surface area (Å²) < 4.78 is 5.75. The molecule has 25 heavy (non-hydrogen) atoms. The number of carbonyl (C=O) groups excluding carboxylic acids is 1. The van der Waals surface area contributed by atoms with Gasteiger partial charge in [-0.15, -0.1) is 0 Å². The minimum absolute atomic E-state index is 0.287. The number of benzene rings is 1. The number of ether oxygens (including phenoxy) is 1. The Kier molecular flexibility index (Phi) is 5.31. The standard InChI is InChI=1S/C19H22N2O4/c1-12-7-8-15(20-11-12)19(24)21-14-9-10-16(18(23)17(14)22)25-13-5-3-2-4-6-13/h2-8,11,14,16-18,22-23H,9-10H2,1H3,(H,21,24)/t14-,16-,17+,18+/m1/s1. The van der Waals surface area contributed by atoms with Gasteiger partial charge in [0.05, 0.1) is 6.04 Å². The predicted molar refractivity (Wildman–Crippen MR) is 92.3 cm³/mol. The first kappa shape index (κ1) is 17.4. The van der Waals surface area contributed by atoms with Crippen molar-refractivity contribution in [2.24, 2.45) is 0 Å². The van der Waals surface area contributed by atoms with Crippen LogP contribution >= 0.6 is 0 Å². The first-order valence-electron chi connectivity index (χ1n) is 8.36. The number of nitrogens with zero attached hydrogens (tertiary/aromatic N) is 1. The van der Waals surface area contributed by atoms with E-state index in [1.807, 2.05) is 25.1 Å². The van der Waals surface area contributed by atoms with Crippen LogP contribution in [0.2, 0.25) is 0 Å². The molecule has 1 amide bonds. The molecular formula is C19H22N2O4. The van der Waals surface area contributed by atoms with Gasteiger partial charge in [-0.05, 0) is 43.5 Å². The molecule has 1 saturated carbocycles. The summed E-state index contributed by atoms with van der Waals surface area (Å²) in [6.07, 6.45) is -0.0394. The Morgan fingerprint density at radius 1 is 1.12 bits per heavy atom. The lowest BCUT2D eigenvalue weighted by Crippen LogP contribution is -2.57. The Labute approximate surface area is 146 Å². The van der Waals surface area contributed by atoms with Crippen LogP contribution in [0.5, 0.6) is 5.75 Å². The van der Waals surface area contributed by atoms with E-state index in [1.165, 1.54) is 0 Å². The Hall–Kier alpha value is -2.44. The van der Waals surface area contributed by atoms with E-state index >= 15 is 0 Å². The molecule has 6 nitrogen and oxygen atoms in total. The van der Waals surface area contributed by atoms with Gasteiger partial charge in [0.25, 0.3) is 5.91 Å². The molecule has 0 unspecified atom stereocenters. The van der Waals surface area contributed by atoms with Gasteiger partial charge in [-0.3, -0.25) is 9.78 Å². The third-order valence-corrected chi connectivity index (χ3v) is 4.40. The molecule has 1 aliphatic rings. The van der Waals surface area contributed by atoms with E-state index in [9.17, 15) is 15.0 Å². The fourth-order valence-electron chi connectivity index (χ4n) is 2.95. The third-order valence-electron chi connectivity index (χ3n) is 4.40. The Bertz CT molecular complexity index is 705. The molecule has 3 rings (SSSR count). The van der Waals surface area contributed by atoms with Gasteiger partial charge in [-0.1, -0.05) is 24.3 Å². The summed E-state index contributed by atoms with van der Waals surface area (Å²) >= 11 is 0. The van der Waals surface area contributed by atoms with Crippen LogP contribution in [0.1, 0.15) is 28.9 Å². The SMILES string of the molecule is Cc1ccc(C(=O)N[C@@H]2CC[C@@H](Oc3ccccc3)[C@H](O)[C@H]2O)nc1. The molecule has 4 atom stereocenters. The summed E-state index contributed by atoms with van der Waals surface area (Å²) in [7, 11) is 0. The van der Waals surface area contributed by atoms with E-state index < -0.39 is 24.4 Å². The molecule has 0 saturated heterocycles. The zero-order valence-electron chi connectivity index (χ0n) is 14.0. The van der Waals surface area contributed by atoms with Gasteiger partial charge in [0.15, 0.2) is 0 Å². The van der Waals surface area contributed by atoms with Gasteiger partial charge >= 0.3 is 0 Å². The molecular weight excluding hydrogens is 320 g/mol. The maximum atomic E-state index is 12.3. The normalized spacial score (nSPS) is 26.0. The number of pyridine rings is 1. The average molecular weight is 342 g/mol. The number of hydrogen-bond acceptors (Lipinski definition) is 5. The topological polar surface area (TPSA) is 91.7 Å². The van der Waals surface area contributed by atoms with Gasteiger partial charge in [-0.25, -0.2) is 0 Å². The largest absolute Gasteiger partial charge is 0.488 e. The van der Waals surface area contributed by atoms with Gasteiger partial charge in [0.2, 0.25) is 0 Å². The highest BCUT2D eigenvalue weighted by Gasteiger charge is 2.39. The van der Waals surface area contributed by atoms with Crippen molar-refractivity contribution in [2.45, 2.75) is 44.1 Å². The highest BCUT2D eigenvalue weighted by molar-refractivity contribution is 5.92. The van der Waals surface area contributed by atoms with Gasteiger partial charge in [-0.2, -0.15) is 0 Å². The summed E-state index contributed by atoms with van der Waals surface area (Å²) in [6, 6.07) is 12.1. The first-order valence-corrected chi connectivity index (χ1v) is 8.36. The molecule has 1 fully saturated rings. The molecule has 0 bridgehead atoms. The number of rotatable bonds is 4. The smallest absolute Gasteiger partial charge is 0.270 e. The van der Waals surface area contributed by atoms with Crippen molar-refractivity contribution < 1.29 is 19.7 Å². The molecule has 6 heteroatoms. The number of carbonyl (C=O) groups is 1. The quantitative estimate of drug-likeness (QED) is 0.782. The monoisotopic (exact) mass is 342 g/mol. The highest BCUT2D eigenvalue weighted by Crippen LogP contribution is 2.25. The second kappa shape index (κ2) is 7.63. The van der Waals surface area contributed by atoms with Crippen molar-refractivity contribution in [3.63, 3.8) is 0 Å². The number of aliphatic hydroxyl groups is 2. The van der Waals surface area contributed by atoms with E-state index in [0.717, 1.165) is 5.56 Å². The summed E-state index contributed by atoms with van der Waals surface area (Å²) in [5.74, 6) is 0.281. The van der Waals surface area contributed by atoms with Crippen LogP contribution in [0.25, 0.3) is 0 Å². The van der Waals surface area contributed by atoms with Crippen molar-refractivity contribution in [1.82, 2.24) is 10.3 Å². The number of para-hydroxylation sites is 1. The summed E-state index contributed by atoms with van der Waals surface area (Å²) in [5, 5.41) is 23.5. The molecule has 1 aliphatic carbocycles. The molecule has 0 radical (unpaired) electrons. The molecule has 1 aromatic carbocycles. The highest BCUT2D eigenvalue weighted by atomic mass is 16.5. The fourth-order valence-corrected chi connectivity index (χ4v) is 2.95. The molecule has 1 aromatic heterocycles. The van der Waals surface area contributed by atoms with Crippen molar-refractivity contribution in [2.75, 3.05) is 0 Å². The minimum atomic E-state index is -1.10. The van der Waals surface area contributed by atoms with E-state index in [-0.39, 0.29) is 11.6 Å². The fraction of sp³-hybridized carbons (Fsp3) is 0.368. The summed E-state index contributed by atoms with van der Waals surface area (Å²) in [4.78, 5) is 16.3. The van der Waals surface area contributed by atoms with E-state index in [2.05, 4.69) is 10.3 Å². The predicted octanol–water partition coefficient (Wildman–Crippen LogP) is 1.45. The Morgan fingerprint density at radius 2 is 1.88 bits per heavy atom. The lowest BCUT2D eigenvalue weighted by atomic mass is 9.87. The maximum absolute atomic E-state index is 12.3. The second-order valence-electron chi connectivity index (χ2n) is 6.33. The zero-order valence-corrected chi connectivity index (χ0v) is 14.0. The Balaban J connectivity index is 1.60. The van der Waals surface area contributed by atoms with Crippen LogP contribution in [0.3, 0.4) is 0 Å². The average Bonchev–Trinajstić information content (AvgIpc) is 2.63. The van der Waals surface area contributed by atoms with Crippen molar-refractivity contribution in [3.05, 3.63) is 59.9 Å². The van der Waals surface area contributed by atoms with Crippen LogP contribution < -0.4 is 10.1 Å². The number of amides is 1. The minimum Gasteiger partial charge on any atom is -0.488 e. The van der Waals surface area contributed by atoms with Crippen LogP contribution in [-0.2, 0) is 0 Å². The van der Waals surface area contributed by atoms with E-state index in [4.69, 9.17) is 4.74 Å². The number of aromatic nitrogens is 1. The number of aliphatic hydroxyl groups excluding tert-OH is 2. The van der Waals surface area contributed by atoms with Crippen LogP contribution in [0.4, 0.5) is 0 Å². The molecule has 0 spiro atoms. The van der Waals surface area contributed by atoms with Crippen molar-refractivity contribution in [3.8, 4) is 5.75 Å². The molecule has 3 N–H and O–H groups in total. The lowest BCUT2D eigenvalue weighted by molar-refractivity contribution is -0.0874. The molecule has 2 aromatic rings. The van der Waals surface area contributed by atoms with E-state index in [0.29, 0.717) is 18.6 Å². The molecule has 132 valence electrons. The number of hydrogen-bond donors (Lipinski definition) is 3. The van der Waals surface area contributed by atoms with Gasteiger partial charge in [0, 0.05) is 6.20 Å². The Morgan fingerprint density at radius 3 is 2.56 bits per heavy atom. The number of aryl methyl sites for hydroxylation is 1. The van der Waals surface area contributed by atoms with Crippen molar-refractivity contribution in [1.29, 1.82) is 0 Å². The van der Waals surface area contributed by atoms with Crippen LogP contribution in [-0.4, -0.2) is 45.5 Å².